The van der Waals surface area contributed by atoms with E-state index in [1.54, 1.807) is 43.4 Å². The van der Waals surface area contributed by atoms with Gasteiger partial charge in [-0.05, 0) is 37.1 Å². The second kappa shape index (κ2) is 11.2. The average molecular weight is 491 g/mol. The number of rotatable bonds is 7. The first kappa shape index (κ1) is 25.9. The van der Waals surface area contributed by atoms with Gasteiger partial charge in [0.1, 0.15) is 16.7 Å². The van der Waals surface area contributed by atoms with Crippen molar-refractivity contribution in [1.29, 1.82) is 0 Å². The molecular formula is C24H34N4O5S. The van der Waals surface area contributed by atoms with Gasteiger partial charge in [-0.25, -0.2) is 13.2 Å². The lowest BCUT2D eigenvalue weighted by atomic mass is 10.0. The summed E-state index contributed by atoms with van der Waals surface area (Å²) < 4.78 is 34.8. The van der Waals surface area contributed by atoms with Crippen LogP contribution in [0.5, 0.6) is 5.75 Å². The molecule has 0 aliphatic carbocycles. The van der Waals surface area contributed by atoms with Crippen molar-refractivity contribution in [3.63, 3.8) is 0 Å². The van der Waals surface area contributed by atoms with Gasteiger partial charge < -0.3 is 20.1 Å². The Morgan fingerprint density at radius 1 is 1.35 bits per heavy atom. The Labute approximate surface area is 201 Å². The largest absolute Gasteiger partial charge is 0.487 e. The number of ether oxygens (including phenoxy) is 1. The highest BCUT2D eigenvalue weighted by Gasteiger charge is 2.38. The van der Waals surface area contributed by atoms with Crippen LogP contribution in [-0.4, -0.2) is 79.2 Å². The van der Waals surface area contributed by atoms with E-state index in [4.69, 9.17) is 4.74 Å². The van der Waals surface area contributed by atoms with Crippen LogP contribution in [0.3, 0.4) is 0 Å². The fourth-order valence-electron chi connectivity index (χ4n) is 3.88. The third-order valence-electron chi connectivity index (χ3n) is 5.99. The summed E-state index contributed by atoms with van der Waals surface area (Å²) in [6.45, 7) is 6.24. The molecule has 1 aromatic heterocycles. The topological polar surface area (TPSA) is 112 Å². The molecule has 3 atom stereocenters. The standard InChI is InChI=1S/C24H34N4O5S/c1-5-10-26-24(30)27(4)15-22-17(2)14-28(18(3)16-29)34(31,32)23-9-8-19(12-21(23)33-22)20-7-6-11-25-13-20/h6-9,11-13,17-18,22,29H,5,10,14-16H2,1-4H3,(H,26,30)/t17-,18-,22+/m1/s1. The first-order valence-electron chi connectivity index (χ1n) is 11.5. The minimum atomic E-state index is -3.93. The Bertz CT molecular complexity index is 1080. The van der Waals surface area contributed by atoms with E-state index < -0.39 is 22.2 Å². The Kier molecular flexibility index (Phi) is 8.51. The van der Waals surface area contributed by atoms with Crippen LogP contribution >= 0.6 is 0 Å². The van der Waals surface area contributed by atoms with Gasteiger partial charge in [-0.1, -0.05) is 26.0 Å². The fraction of sp³-hybridized carbons (Fsp3) is 0.500. The van der Waals surface area contributed by atoms with Crippen molar-refractivity contribution in [1.82, 2.24) is 19.5 Å². The number of fused-ring (bicyclic) bond motifs is 1. The van der Waals surface area contributed by atoms with E-state index in [0.29, 0.717) is 6.54 Å². The number of amides is 2. The number of carbonyl (C=O) groups excluding carboxylic acids is 1. The van der Waals surface area contributed by atoms with Gasteiger partial charge >= 0.3 is 6.03 Å². The van der Waals surface area contributed by atoms with Crippen molar-refractivity contribution >= 4 is 16.1 Å². The zero-order valence-electron chi connectivity index (χ0n) is 20.1. The molecule has 0 saturated heterocycles. The number of nitrogens with zero attached hydrogens (tertiary/aromatic N) is 3. The molecule has 1 aromatic carbocycles. The zero-order valence-corrected chi connectivity index (χ0v) is 21.0. The smallest absolute Gasteiger partial charge is 0.317 e. The Balaban J connectivity index is 2.04. The van der Waals surface area contributed by atoms with Gasteiger partial charge in [-0.15, -0.1) is 0 Å². The summed E-state index contributed by atoms with van der Waals surface area (Å²) >= 11 is 0. The summed E-state index contributed by atoms with van der Waals surface area (Å²) in [6.07, 6.45) is 3.73. The molecular weight excluding hydrogens is 456 g/mol. The Hall–Kier alpha value is -2.69. The predicted molar refractivity (Wildman–Crippen MR) is 130 cm³/mol. The van der Waals surface area contributed by atoms with Crippen LogP contribution in [0.4, 0.5) is 4.79 Å². The first-order valence-corrected chi connectivity index (χ1v) is 13.0. The molecule has 3 rings (SSSR count). The molecule has 2 amide bonds. The van der Waals surface area contributed by atoms with Crippen molar-refractivity contribution in [2.24, 2.45) is 5.92 Å². The molecule has 0 fully saturated rings. The maximum absolute atomic E-state index is 13.6. The van der Waals surface area contributed by atoms with Crippen LogP contribution in [0.25, 0.3) is 11.1 Å². The SMILES string of the molecule is CCCNC(=O)N(C)C[C@@H]1Oc2cc(-c3cccnc3)ccc2S(=O)(=O)N([C@H](C)CO)C[C@H]1C. The average Bonchev–Trinajstić information content (AvgIpc) is 2.84. The summed E-state index contributed by atoms with van der Waals surface area (Å²) in [5.74, 6) is -0.0317. The van der Waals surface area contributed by atoms with Crippen molar-refractivity contribution in [2.45, 2.75) is 44.2 Å². The highest BCUT2D eigenvalue weighted by Crippen LogP contribution is 2.36. The molecule has 2 N–H and O–H groups in total. The number of carbonyl (C=O) groups is 1. The molecule has 2 aromatic rings. The van der Waals surface area contributed by atoms with Crippen LogP contribution in [-0.2, 0) is 10.0 Å². The van der Waals surface area contributed by atoms with Crippen molar-refractivity contribution in [3.05, 3.63) is 42.7 Å². The summed E-state index contributed by atoms with van der Waals surface area (Å²) in [4.78, 5) is 18.2. The number of pyridine rings is 1. The highest BCUT2D eigenvalue weighted by atomic mass is 32.2. The third-order valence-corrected chi connectivity index (χ3v) is 8.01. The molecule has 10 heteroatoms. The Morgan fingerprint density at radius 3 is 2.76 bits per heavy atom. The minimum Gasteiger partial charge on any atom is -0.487 e. The van der Waals surface area contributed by atoms with Crippen LogP contribution in [0.15, 0.2) is 47.6 Å². The number of benzene rings is 1. The molecule has 0 saturated carbocycles. The van der Waals surface area contributed by atoms with Gasteiger partial charge in [0, 0.05) is 50.1 Å². The Morgan fingerprint density at radius 2 is 2.12 bits per heavy atom. The second-order valence-corrected chi connectivity index (χ2v) is 10.6. The molecule has 0 bridgehead atoms. The molecule has 0 spiro atoms. The van der Waals surface area contributed by atoms with Gasteiger partial charge in [0.15, 0.2) is 0 Å². The normalized spacial score (nSPS) is 20.9. The number of hydrogen-bond donors (Lipinski definition) is 2. The van der Waals surface area contributed by atoms with Gasteiger partial charge in [0.05, 0.1) is 13.2 Å². The maximum atomic E-state index is 13.6. The van der Waals surface area contributed by atoms with Gasteiger partial charge in [-0.2, -0.15) is 4.31 Å². The van der Waals surface area contributed by atoms with Crippen LogP contribution in [0, 0.1) is 5.92 Å². The van der Waals surface area contributed by atoms with E-state index in [9.17, 15) is 18.3 Å². The van der Waals surface area contributed by atoms with E-state index in [-0.39, 0.29) is 42.3 Å². The van der Waals surface area contributed by atoms with Crippen LogP contribution in [0.2, 0.25) is 0 Å². The van der Waals surface area contributed by atoms with E-state index in [0.717, 1.165) is 17.5 Å². The lowest BCUT2D eigenvalue weighted by molar-refractivity contribution is 0.0813. The number of aromatic nitrogens is 1. The maximum Gasteiger partial charge on any atom is 0.317 e. The number of aliphatic hydroxyl groups is 1. The van der Waals surface area contributed by atoms with Crippen LogP contribution in [0.1, 0.15) is 27.2 Å². The molecule has 1 aliphatic heterocycles. The van der Waals surface area contributed by atoms with E-state index in [1.165, 1.54) is 10.4 Å². The van der Waals surface area contributed by atoms with Crippen molar-refractivity contribution < 1.29 is 23.1 Å². The zero-order chi connectivity index (χ0) is 24.9. The minimum absolute atomic E-state index is 0.0374. The summed E-state index contributed by atoms with van der Waals surface area (Å²) in [5.41, 5.74) is 1.60. The predicted octanol–water partition coefficient (Wildman–Crippen LogP) is 2.57. The van der Waals surface area contributed by atoms with E-state index >= 15 is 0 Å². The number of nitrogens with one attached hydrogen (secondary N) is 1. The molecule has 9 nitrogen and oxygen atoms in total. The summed E-state index contributed by atoms with van der Waals surface area (Å²) in [5, 5.41) is 12.6. The second-order valence-electron chi connectivity index (χ2n) is 8.76. The number of likely N-dealkylation sites (N-methyl/N-ethyl adjacent to an activating group) is 1. The number of hydrogen-bond acceptors (Lipinski definition) is 6. The van der Waals surface area contributed by atoms with Gasteiger partial charge in [0.2, 0.25) is 10.0 Å². The molecule has 0 unspecified atom stereocenters. The van der Waals surface area contributed by atoms with Gasteiger partial charge in [-0.3, -0.25) is 4.98 Å². The summed E-state index contributed by atoms with van der Waals surface area (Å²) in [7, 11) is -2.23. The molecule has 1 aliphatic rings. The highest BCUT2D eigenvalue weighted by molar-refractivity contribution is 7.89. The number of urea groups is 1. The lowest BCUT2D eigenvalue weighted by Gasteiger charge is -2.37. The van der Waals surface area contributed by atoms with Crippen molar-refractivity contribution in [2.75, 3.05) is 33.3 Å². The van der Waals surface area contributed by atoms with Gasteiger partial charge in [0.25, 0.3) is 0 Å². The molecule has 0 radical (unpaired) electrons. The number of sulfonamides is 1. The lowest BCUT2D eigenvalue weighted by Crippen LogP contribution is -2.51. The molecule has 186 valence electrons. The van der Waals surface area contributed by atoms with E-state index in [2.05, 4.69) is 10.3 Å². The monoisotopic (exact) mass is 490 g/mol. The first-order chi connectivity index (χ1) is 16.2. The number of aliphatic hydroxyl groups excluding tert-OH is 1. The van der Waals surface area contributed by atoms with E-state index in [1.807, 2.05) is 26.0 Å². The summed E-state index contributed by atoms with van der Waals surface area (Å²) in [6, 6.07) is 7.84. The van der Waals surface area contributed by atoms with Crippen molar-refractivity contribution in [3.8, 4) is 16.9 Å². The molecule has 34 heavy (non-hydrogen) atoms. The molecule has 2 heterocycles. The third kappa shape index (κ3) is 5.68. The van der Waals surface area contributed by atoms with Crippen LogP contribution < -0.4 is 10.1 Å². The quantitative estimate of drug-likeness (QED) is 0.617. The fourth-order valence-corrected chi connectivity index (χ4v) is 5.70.